The summed E-state index contributed by atoms with van der Waals surface area (Å²) in [6.45, 7) is -0.781. The number of carbonyl (C=O) groups is 1. The Morgan fingerprint density at radius 2 is 1.76 bits per heavy atom. The SMILES string of the molecule is COc1ccc([C@@]23Oc4cc(O[C@@H]5O[C@@H]([C@@H](O)CO)COC5O)cc(OC)c4[C@]2(O)[C@H](O)[C@H](C(N)=O)[C@H]3c2ccccc2)cc1. The fourth-order valence-corrected chi connectivity index (χ4v) is 6.86. The summed E-state index contributed by atoms with van der Waals surface area (Å²) in [7, 11) is 2.86. The highest BCUT2D eigenvalue weighted by molar-refractivity contribution is 5.81. The van der Waals surface area contributed by atoms with Crippen LogP contribution in [-0.4, -0.2) is 89.8 Å². The van der Waals surface area contributed by atoms with Crippen LogP contribution in [0.15, 0.2) is 66.7 Å². The molecule has 1 saturated heterocycles. The first-order valence-corrected chi connectivity index (χ1v) is 14.3. The van der Waals surface area contributed by atoms with E-state index in [-0.39, 0.29) is 29.4 Å². The Bertz CT molecular complexity index is 1540. The lowest BCUT2D eigenvalue weighted by Crippen LogP contribution is -2.52. The minimum Gasteiger partial charge on any atom is -0.497 e. The molecule has 3 aliphatic rings. The van der Waals surface area contributed by atoms with Gasteiger partial charge in [0, 0.05) is 18.1 Å². The number of aliphatic hydroxyl groups excluding tert-OH is 4. The Hall–Kier alpha value is -3.95. The van der Waals surface area contributed by atoms with Crippen LogP contribution in [0.5, 0.6) is 23.0 Å². The molecular weight excluding hydrogens is 590 g/mol. The van der Waals surface area contributed by atoms with E-state index in [0.29, 0.717) is 16.9 Å². The molecular formula is C32H35NO12. The fraction of sp³-hybridized carbons (Fsp3) is 0.406. The van der Waals surface area contributed by atoms with Gasteiger partial charge in [0.15, 0.2) is 11.2 Å². The first-order chi connectivity index (χ1) is 21.6. The molecule has 6 rings (SSSR count). The lowest BCUT2D eigenvalue weighted by Gasteiger charge is -2.40. The summed E-state index contributed by atoms with van der Waals surface area (Å²) >= 11 is 0. The number of rotatable bonds is 9. The Balaban J connectivity index is 1.52. The molecule has 45 heavy (non-hydrogen) atoms. The molecule has 0 aromatic heterocycles. The van der Waals surface area contributed by atoms with E-state index in [4.69, 9.17) is 34.2 Å². The van der Waals surface area contributed by atoms with E-state index in [0.717, 1.165) is 0 Å². The first-order valence-electron chi connectivity index (χ1n) is 14.3. The van der Waals surface area contributed by atoms with Gasteiger partial charge >= 0.3 is 0 Å². The summed E-state index contributed by atoms with van der Waals surface area (Å²) in [4.78, 5) is 13.1. The second-order valence-corrected chi connectivity index (χ2v) is 11.2. The molecule has 0 spiro atoms. The predicted octanol–water partition coefficient (Wildman–Crippen LogP) is 0.231. The number of methoxy groups -OCH3 is 2. The number of aliphatic hydroxyl groups is 5. The van der Waals surface area contributed by atoms with E-state index in [2.05, 4.69) is 0 Å². The van der Waals surface area contributed by atoms with Gasteiger partial charge in [0.1, 0.15) is 41.3 Å². The molecule has 0 radical (unpaired) electrons. The fourth-order valence-electron chi connectivity index (χ4n) is 6.86. The van der Waals surface area contributed by atoms with Gasteiger partial charge < -0.3 is 59.7 Å². The number of benzene rings is 3. The Morgan fingerprint density at radius 1 is 1.04 bits per heavy atom. The van der Waals surface area contributed by atoms with Crippen molar-refractivity contribution in [2.75, 3.05) is 27.4 Å². The van der Waals surface area contributed by atoms with Crippen LogP contribution in [0.1, 0.15) is 22.6 Å². The van der Waals surface area contributed by atoms with Gasteiger partial charge in [-0.3, -0.25) is 4.79 Å². The molecule has 240 valence electrons. The zero-order valence-electron chi connectivity index (χ0n) is 24.5. The van der Waals surface area contributed by atoms with E-state index < -0.39 is 66.4 Å². The van der Waals surface area contributed by atoms with Gasteiger partial charge in [0.25, 0.3) is 6.29 Å². The maximum absolute atomic E-state index is 13.1. The molecule has 2 aliphatic heterocycles. The van der Waals surface area contributed by atoms with Gasteiger partial charge in [-0.05, 0) is 23.3 Å². The lowest BCUT2D eigenvalue weighted by molar-refractivity contribution is -0.317. The van der Waals surface area contributed by atoms with Gasteiger partial charge in [-0.25, -0.2) is 0 Å². The molecule has 1 unspecified atom stereocenters. The monoisotopic (exact) mass is 625 g/mol. The molecule has 9 atom stereocenters. The number of amides is 1. The summed E-state index contributed by atoms with van der Waals surface area (Å²) in [5.41, 5.74) is 2.89. The average Bonchev–Trinajstić information content (AvgIpc) is 3.43. The first kappa shape index (κ1) is 31.0. The maximum Gasteiger partial charge on any atom is 0.251 e. The van der Waals surface area contributed by atoms with Crippen molar-refractivity contribution in [3.63, 3.8) is 0 Å². The second-order valence-electron chi connectivity index (χ2n) is 11.2. The second kappa shape index (κ2) is 11.8. The molecule has 2 fully saturated rings. The molecule has 3 aromatic carbocycles. The van der Waals surface area contributed by atoms with Gasteiger partial charge in [-0.1, -0.05) is 42.5 Å². The van der Waals surface area contributed by atoms with Crippen LogP contribution in [0.3, 0.4) is 0 Å². The summed E-state index contributed by atoms with van der Waals surface area (Å²) in [6, 6.07) is 18.4. The Morgan fingerprint density at radius 3 is 2.38 bits per heavy atom. The number of primary amides is 1. The molecule has 1 aliphatic carbocycles. The van der Waals surface area contributed by atoms with Crippen molar-refractivity contribution in [2.45, 2.75) is 48.0 Å². The van der Waals surface area contributed by atoms with Crippen LogP contribution in [0.2, 0.25) is 0 Å². The summed E-state index contributed by atoms with van der Waals surface area (Å²) in [5, 5.41) is 54.5. The number of nitrogens with two attached hydrogens (primary N) is 1. The van der Waals surface area contributed by atoms with E-state index in [9.17, 15) is 30.3 Å². The molecule has 3 aromatic rings. The molecule has 13 nitrogen and oxygen atoms in total. The molecule has 7 N–H and O–H groups in total. The van der Waals surface area contributed by atoms with Crippen molar-refractivity contribution >= 4 is 5.91 Å². The minimum absolute atomic E-state index is 0.0366. The van der Waals surface area contributed by atoms with Crippen LogP contribution in [0, 0.1) is 5.92 Å². The van der Waals surface area contributed by atoms with E-state index >= 15 is 0 Å². The van der Waals surface area contributed by atoms with Gasteiger partial charge in [-0.2, -0.15) is 0 Å². The van der Waals surface area contributed by atoms with Crippen molar-refractivity contribution in [1.82, 2.24) is 0 Å². The third-order valence-electron chi connectivity index (χ3n) is 8.89. The number of fused-ring (bicyclic) bond motifs is 3. The molecule has 1 amide bonds. The molecule has 13 heteroatoms. The smallest absolute Gasteiger partial charge is 0.251 e. The number of carbonyl (C=O) groups excluding carboxylic acids is 1. The van der Waals surface area contributed by atoms with E-state index in [1.807, 2.05) is 0 Å². The van der Waals surface area contributed by atoms with Crippen LogP contribution in [0.25, 0.3) is 0 Å². The largest absolute Gasteiger partial charge is 0.497 e. The standard InChI is InChI=1S/C32H35NO12/c1-40-18-10-8-17(9-11-18)32-25(16-6-4-3-5-7-16)24(28(33)37)27(36)31(32,39)26-21(41-2)12-19(13-22(26)45-32)43-30-29(38)42-15-23(44-30)20(35)14-34/h3-13,20,23-25,27,29-30,34-36,38-39H,14-15H2,1-2H3,(H2,33,37)/t20-,23+,24+,25+,27+,29?,30+,31-,32-/m0/s1. The number of ether oxygens (including phenoxy) is 6. The molecule has 1 saturated carbocycles. The summed E-state index contributed by atoms with van der Waals surface area (Å²) in [6.07, 6.45) is -6.98. The summed E-state index contributed by atoms with van der Waals surface area (Å²) < 4.78 is 34.6. The van der Waals surface area contributed by atoms with Crippen molar-refractivity contribution in [2.24, 2.45) is 11.7 Å². The third kappa shape index (κ3) is 4.70. The normalized spacial score (nSPS) is 32.6. The third-order valence-corrected chi connectivity index (χ3v) is 8.89. The van der Waals surface area contributed by atoms with Crippen LogP contribution < -0.4 is 24.7 Å². The molecule has 2 heterocycles. The van der Waals surface area contributed by atoms with Crippen LogP contribution >= 0.6 is 0 Å². The zero-order valence-corrected chi connectivity index (χ0v) is 24.5. The Kier molecular flexibility index (Phi) is 8.12. The van der Waals surface area contributed by atoms with Crippen LogP contribution in [-0.2, 0) is 25.5 Å². The predicted molar refractivity (Wildman–Crippen MR) is 154 cm³/mol. The van der Waals surface area contributed by atoms with Gasteiger partial charge in [0.05, 0.1) is 38.9 Å². The van der Waals surface area contributed by atoms with Crippen molar-refractivity contribution < 1.29 is 58.7 Å². The molecule has 0 bridgehead atoms. The highest BCUT2D eigenvalue weighted by Crippen LogP contribution is 2.70. The minimum atomic E-state index is -2.28. The topological polar surface area (TPSA) is 200 Å². The zero-order chi connectivity index (χ0) is 32.1. The number of hydrogen-bond acceptors (Lipinski definition) is 12. The van der Waals surface area contributed by atoms with Gasteiger partial charge in [-0.15, -0.1) is 0 Å². The van der Waals surface area contributed by atoms with E-state index in [1.165, 1.54) is 26.4 Å². The quantitative estimate of drug-likeness (QED) is 0.190. The van der Waals surface area contributed by atoms with Gasteiger partial charge in [0.2, 0.25) is 12.2 Å². The maximum atomic E-state index is 13.1. The van der Waals surface area contributed by atoms with Crippen molar-refractivity contribution in [3.8, 4) is 23.0 Å². The number of hydrogen-bond donors (Lipinski definition) is 6. The van der Waals surface area contributed by atoms with E-state index in [1.54, 1.807) is 54.6 Å². The highest BCUT2D eigenvalue weighted by atomic mass is 16.8. The van der Waals surface area contributed by atoms with Crippen molar-refractivity contribution in [1.29, 1.82) is 0 Å². The lowest BCUT2D eigenvalue weighted by atomic mass is 9.70. The Labute approximate surface area is 258 Å². The van der Waals surface area contributed by atoms with Crippen molar-refractivity contribution in [3.05, 3.63) is 83.4 Å². The average molecular weight is 626 g/mol. The summed E-state index contributed by atoms with van der Waals surface area (Å²) in [5.74, 6) is -2.42. The highest BCUT2D eigenvalue weighted by Gasteiger charge is 2.78. The van der Waals surface area contributed by atoms with Crippen LogP contribution in [0.4, 0.5) is 0 Å².